The number of halogens is 2. The first-order valence-corrected chi connectivity index (χ1v) is 15.5. The molecule has 0 saturated carbocycles. The van der Waals surface area contributed by atoms with Gasteiger partial charge in [0, 0.05) is 90.2 Å². The Balaban J connectivity index is 0.000000462. The summed E-state index contributed by atoms with van der Waals surface area (Å²) in [6.07, 6.45) is 6.35. The van der Waals surface area contributed by atoms with Crippen LogP contribution in [0.15, 0.2) is 102 Å². The molecule has 0 atom stereocenters. The monoisotopic (exact) mass is 864 g/mol. The summed E-state index contributed by atoms with van der Waals surface area (Å²) in [5, 5.41) is 47.9. The van der Waals surface area contributed by atoms with Crippen LogP contribution in [0.5, 0.6) is 28.7 Å². The zero-order chi connectivity index (χ0) is 33.3. The molecule has 14 heteroatoms. The van der Waals surface area contributed by atoms with Crippen LogP contribution in [0, 0.1) is 0 Å². The number of aliphatic hydroxyl groups excluding tert-OH is 1. The van der Waals surface area contributed by atoms with E-state index < -0.39 is 0 Å². The molecule has 0 fully saturated rings. The van der Waals surface area contributed by atoms with Crippen LogP contribution in [0.25, 0.3) is 0 Å². The van der Waals surface area contributed by atoms with Crippen molar-refractivity contribution in [1.82, 2.24) is 0 Å². The SMILES string of the molecule is COc1ccc(O)c(C=NCCN=Cc2cc(CO)ccc2O)c1.Oc1ccc(Br)cc1C=NCCN=Cc1cc(Br)ccc1O.[Fe].[Fe]. The molecule has 4 aromatic carbocycles. The van der Waals surface area contributed by atoms with E-state index in [1.165, 1.54) is 6.07 Å². The van der Waals surface area contributed by atoms with E-state index in [1.54, 1.807) is 98.7 Å². The van der Waals surface area contributed by atoms with Gasteiger partial charge in [-0.3, -0.25) is 20.0 Å². The molecular formula is C34H34Br2Fe2N4O6. The van der Waals surface area contributed by atoms with E-state index in [-0.39, 0.29) is 63.7 Å². The van der Waals surface area contributed by atoms with Crippen molar-refractivity contribution >= 4 is 56.7 Å². The fraction of sp³-hybridized carbons (Fsp3) is 0.176. The van der Waals surface area contributed by atoms with Gasteiger partial charge in [-0.25, -0.2) is 0 Å². The van der Waals surface area contributed by atoms with Gasteiger partial charge < -0.3 is 30.3 Å². The third kappa shape index (κ3) is 14.7. The summed E-state index contributed by atoms with van der Waals surface area (Å²) in [5.74, 6) is 1.27. The summed E-state index contributed by atoms with van der Waals surface area (Å²) in [6, 6.07) is 20.1. The van der Waals surface area contributed by atoms with Crippen molar-refractivity contribution in [3.05, 3.63) is 110 Å². The number of aliphatic hydroxyl groups is 1. The Morgan fingerprint density at radius 1 is 0.542 bits per heavy atom. The Kier molecular flexibility index (Phi) is 20.4. The first-order valence-electron chi connectivity index (χ1n) is 14.0. The van der Waals surface area contributed by atoms with Gasteiger partial charge in [0.1, 0.15) is 28.7 Å². The largest absolute Gasteiger partial charge is 0.507 e. The number of hydrogen-bond donors (Lipinski definition) is 5. The Hall–Kier alpha value is -3.48. The molecule has 0 radical (unpaired) electrons. The van der Waals surface area contributed by atoms with Gasteiger partial charge in [0.2, 0.25) is 0 Å². The maximum Gasteiger partial charge on any atom is 0.124 e. The van der Waals surface area contributed by atoms with Gasteiger partial charge in [0.05, 0.1) is 39.9 Å². The van der Waals surface area contributed by atoms with Crippen molar-refractivity contribution in [2.24, 2.45) is 20.0 Å². The minimum Gasteiger partial charge on any atom is -0.507 e. The molecule has 0 aromatic heterocycles. The molecule has 0 aliphatic rings. The number of benzene rings is 4. The second-order valence-corrected chi connectivity index (χ2v) is 11.4. The number of aliphatic imine (C=N–C) groups is 4. The van der Waals surface area contributed by atoms with Crippen LogP contribution < -0.4 is 4.74 Å². The predicted molar refractivity (Wildman–Crippen MR) is 190 cm³/mol. The second-order valence-electron chi connectivity index (χ2n) is 9.52. The fourth-order valence-electron chi connectivity index (χ4n) is 3.71. The fourth-order valence-corrected chi connectivity index (χ4v) is 4.47. The average molecular weight is 866 g/mol. The number of phenols is 4. The van der Waals surface area contributed by atoms with Crippen molar-refractivity contribution in [3.8, 4) is 28.7 Å². The van der Waals surface area contributed by atoms with Gasteiger partial charge in [-0.1, -0.05) is 37.9 Å². The molecule has 5 N–H and O–H groups in total. The van der Waals surface area contributed by atoms with Crippen LogP contribution in [0.4, 0.5) is 0 Å². The Morgan fingerprint density at radius 3 is 1.29 bits per heavy atom. The normalized spacial score (nSPS) is 11.0. The Bertz CT molecular complexity index is 1600. The number of rotatable bonds is 12. The molecule has 0 bridgehead atoms. The molecule has 0 aliphatic heterocycles. The molecular weight excluding hydrogens is 832 g/mol. The minimum atomic E-state index is -0.0879. The Labute approximate surface area is 317 Å². The molecule has 0 amide bonds. The van der Waals surface area contributed by atoms with E-state index in [2.05, 4.69) is 51.8 Å². The third-order valence-corrected chi connectivity index (χ3v) is 7.11. The zero-order valence-corrected chi connectivity index (χ0v) is 31.0. The number of nitrogens with zero attached hydrogens (tertiary/aromatic N) is 4. The molecule has 0 unspecified atom stereocenters. The molecule has 0 saturated heterocycles. The maximum atomic E-state index is 9.74. The molecule has 0 heterocycles. The van der Waals surface area contributed by atoms with Gasteiger partial charge in [0.25, 0.3) is 0 Å². The number of methoxy groups -OCH3 is 1. The van der Waals surface area contributed by atoms with Crippen LogP contribution in [0.1, 0.15) is 27.8 Å². The number of ether oxygens (including phenoxy) is 1. The summed E-state index contributed by atoms with van der Waals surface area (Å²) in [7, 11) is 1.56. The number of aromatic hydroxyl groups is 4. The maximum absolute atomic E-state index is 9.74. The topological polar surface area (TPSA) is 160 Å². The molecule has 0 spiro atoms. The van der Waals surface area contributed by atoms with Crippen LogP contribution in [0.3, 0.4) is 0 Å². The first-order chi connectivity index (χ1) is 22.2. The molecule has 10 nitrogen and oxygen atoms in total. The summed E-state index contributed by atoms with van der Waals surface area (Å²) < 4.78 is 6.86. The van der Waals surface area contributed by atoms with Gasteiger partial charge >= 0.3 is 0 Å². The summed E-state index contributed by atoms with van der Waals surface area (Å²) in [5.41, 5.74) is 3.15. The molecule has 0 aliphatic carbocycles. The van der Waals surface area contributed by atoms with E-state index >= 15 is 0 Å². The summed E-state index contributed by atoms with van der Waals surface area (Å²) in [6.45, 7) is 1.78. The average Bonchev–Trinajstić information content (AvgIpc) is 3.05. The molecule has 256 valence electrons. The van der Waals surface area contributed by atoms with E-state index in [4.69, 9.17) is 9.84 Å². The van der Waals surface area contributed by atoms with Gasteiger partial charge in [0.15, 0.2) is 0 Å². The van der Waals surface area contributed by atoms with Crippen LogP contribution >= 0.6 is 31.9 Å². The van der Waals surface area contributed by atoms with Gasteiger partial charge in [-0.05, 0) is 72.3 Å². The van der Waals surface area contributed by atoms with Crippen molar-refractivity contribution < 1.29 is 64.4 Å². The molecule has 48 heavy (non-hydrogen) atoms. The standard InChI is InChI=1S/C18H20N2O4.C16H14Br2N2O2.2Fe/c1-24-16-3-5-18(23)15(9-16)11-20-7-6-19-10-14-8-13(12-21)2-4-17(14)22;17-13-1-3-15(21)11(7-13)9-19-5-6-20-10-12-8-14(18)2-4-16(12)22;;/h2-5,8-11,21-23H,6-7,12H2,1H3;1-4,7-10,21-22H,5-6H2;;. The number of phenolic OH excluding ortho intramolecular Hbond substituents is 4. The van der Waals surface area contributed by atoms with E-state index in [9.17, 15) is 20.4 Å². The van der Waals surface area contributed by atoms with Crippen LogP contribution in [0.2, 0.25) is 0 Å². The van der Waals surface area contributed by atoms with Crippen LogP contribution in [-0.4, -0.2) is 83.7 Å². The van der Waals surface area contributed by atoms with Crippen molar-refractivity contribution in [2.45, 2.75) is 6.61 Å². The smallest absolute Gasteiger partial charge is 0.124 e. The van der Waals surface area contributed by atoms with E-state index in [0.717, 1.165) is 8.95 Å². The summed E-state index contributed by atoms with van der Waals surface area (Å²) >= 11 is 6.69. The van der Waals surface area contributed by atoms with Crippen molar-refractivity contribution in [3.63, 3.8) is 0 Å². The van der Waals surface area contributed by atoms with Gasteiger partial charge in [-0.15, -0.1) is 0 Å². The van der Waals surface area contributed by atoms with E-state index in [1.807, 2.05) is 0 Å². The molecule has 4 aromatic rings. The Morgan fingerprint density at radius 2 is 0.896 bits per heavy atom. The molecule has 4 rings (SSSR count). The van der Waals surface area contributed by atoms with E-state index in [0.29, 0.717) is 59.7 Å². The first kappa shape index (κ1) is 42.5. The van der Waals surface area contributed by atoms with Crippen molar-refractivity contribution in [1.29, 1.82) is 0 Å². The predicted octanol–water partition coefficient (Wildman–Crippen LogP) is 6.29. The van der Waals surface area contributed by atoms with Crippen LogP contribution in [-0.2, 0) is 40.7 Å². The number of hydrogen-bond acceptors (Lipinski definition) is 10. The van der Waals surface area contributed by atoms with Crippen molar-refractivity contribution in [2.75, 3.05) is 33.3 Å². The zero-order valence-electron chi connectivity index (χ0n) is 25.7. The minimum absolute atomic E-state index is 0. The second kappa shape index (κ2) is 23.0. The van der Waals surface area contributed by atoms with Gasteiger partial charge in [-0.2, -0.15) is 0 Å². The third-order valence-electron chi connectivity index (χ3n) is 6.13. The quantitative estimate of drug-likeness (QED) is 0.0640. The summed E-state index contributed by atoms with van der Waals surface area (Å²) in [4.78, 5) is 16.9.